The van der Waals surface area contributed by atoms with Gasteiger partial charge in [-0.1, -0.05) is 269 Å². The predicted molar refractivity (Wildman–Crippen MR) is 310 cm³/mol. The van der Waals surface area contributed by atoms with E-state index in [2.05, 4.69) is 92.0 Å². The van der Waals surface area contributed by atoms with E-state index in [0.717, 1.165) is 47.9 Å². The fraction of sp³-hybridized carbons (Fsp3) is 0.544. The molecule has 1 heterocycles. The Hall–Kier alpha value is -4.67. The van der Waals surface area contributed by atoms with Crippen LogP contribution in [-0.2, 0) is 72.5 Å². The van der Waals surface area contributed by atoms with E-state index in [0.29, 0.717) is 39.3 Å². The highest BCUT2D eigenvalue weighted by molar-refractivity contribution is 5.76. The molecule has 8 heteroatoms. The van der Waals surface area contributed by atoms with E-state index in [9.17, 15) is 4.79 Å². The first kappa shape index (κ1) is 60.6. The van der Waals surface area contributed by atoms with Crippen molar-refractivity contribution >= 4 is 5.91 Å². The maximum atomic E-state index is 13.9. The average Bonchev–Trinajstić information content (AvgIpc) is 3.46. The van der Waals surface area contributed by atoms with E-state index < -0.39 is 30.7 Å². The summed E-state index contributed by atoms with van der Waals surface area (Å²) in [6.45, 7) is 6.42. The van der Waals surface area contributed by atoms with Crippen LogP contribution in [0.4, 0.5) is 0 Å². The third-order valence-electron chi connectivity index (χ3n) is 14.8. The predicted octanol–water partition coefficient (Wildman–Crippen LogP) is 16.2. The van der Waals surface area contributed by atoms with Crippen molar-refractivity contribution in [3.05, 3.63) is 179 Å². The monoisotopic (exact) mass is 1040 g/mol. The number of benzene rings is 5. The van der Waals surface area contributed by atoms with Gasteiger partial charge in [0.15, 0.2) is 6.29 Å². The zero-order valence-electron chi connectivity index (χ0n) is 46.7. The Labute approximate surface area is 459 Å². The van der Waals surface area contributed by atoms with Gasteiger partial charge in [-0.15, -0.1) is 0 Å². The van der Waals surface area contributed by atoms with Gasteiger partial charge in [0.25, 0.3) is 0 Å². The maximum absolute atomic E-state index is 13.9. The summed E-state index contributed by atoms with van der Waals surface area (Å²) in [5.41, 5.74) is 6.81. The summed E-state index contributed by atoms with van der Waals surface area (Å²) >= 11 is 0. The van der Waals surface area contributed by atoms with E-state index in [1.165, 1.54) is 120 Å². The molecule has 1 fully saturated rings. The third kappa shape index (κ3) is 24.3. The van der Waals surface area contributed by atoms with E-state index in [4.69, 9.17) is 28.4 Å². The standard InChI is InChI=1S/C68H95NO7/c1-3-5-7-9-11-12-13-14-15-16-17-19-33-43-64(70)69-62(49-48-57-46-44-56(45-47-57)34-24-18-10-8-6-4-2)54-75-68-67(74-53-61-41-31-23-32-42-61)66(73-52-60-39-29-22-30-40-60)65(72-51-59-37-27-21-28-38-59)63(76-68)55-71-50-58-35-25-20-26-36-58/h20-23,25-32,35-42,44-47,62-63,65-68H,3-19,24,33-34,43,48-55H2,1-2H3,(H,69,70)/t62?,63-,65-,66+,67+,68+/m1/s1. The summed E-state index contributed by atoms with van der Waals surface area (Å²) in [4.78, 5) is 13.9. The van der Waals surface area contributed by atoms with Crippen molar-refractivity contribution in [2.75, 3.05) is 13.2 Å². The summed E-state index contributed by atoms with van der Waals surface area (Å²) < 4.78 is 41.4. The minimum Gasteiger partial charge on any atom is -0.374 e. The van der Waals surface area contributed by atoms with E-state index >= 15 is 0 Å². The van der Waals surface area contributed by atoms with Gasteiger partial charge in [-0.25, -0.2) is 0 Å². The zero-order chi connectivity index (χ0) is 52.9. The summed E-state index contributed by atoms with van der Waals surface area (Å²) in [5.74, 6) is 0.0676. The van der Waals surface area contributed by atoms with Crippen LogP contribution in [0.5, 0.6) is 0 Å². The fourth-order valence-corrected chi connectivity index (χ4v) is 10.2. The van der Waals surface area contributed by atoms with E-state index in [1.54, 1.807) is 0 Å². The second-order valence-corrected chi connectivity index (χ2v) is 21.3. The van der Waals surface area contributed by atoms with Gasteiger partial charge in [-0.3, -0.25) is 4.79 Å². The van der Waals surface area contributed by atoms with Gasteiger partial charge >= 0.3 is 0 Å². The number of hydrogen-bond acceptors (Lipinski definition) is 7. The largest absolute Gasteiger partial charge is 0.374 e. The van der Waals surface area contributed by atoms with Crippen LogP contribution in [0.2, 0.25) is 0 Å². The highest BCUT2D eigenvalue weighted by Crippen LogP contribution is 2.32. The molecule has 0 spiro atoms. The normalized spacial score (nSPS) is 17.9. The number of aryl methyl sites for hydroxylation is 2. The molecule has 0 bridgehead atoms. The van der Waals surface area contributed by atoms with Crippen LogP contribution in [-0.4, -0.2) is 55.9 Å². The topological polar surface area (TPSA) is 84.5 Å². The first-order valence-corrected chi connectivity index (χ1v) is 29.8. The zero-order valence-corrected chi connectivity index (χ0v) is 46.7. The van der Waals surface area contributed by atoms with Crippen molar-refractivity contribution in [2.45, 2.75) is 225 Å². The molecule has 0 aliphatic carbocycles. The molecule has 6 rings (SSSR count). The lowest BCUT2D eigenvalue weighted by Gasteiger charge is -2.46. The van der Waals surface area contributed by atoms with Crippen LogP contribution in [0.25, 0.3) is 0 Å². The number of unbranched alkanes of at least 4 members (excludes halogenated alkanes) is 17. The Kier molecular flexibility index (Phi) is 30.3. The van der Waals surface area contributed by atoms with Gasteiger partial charge in [-0.2, -0.15) is 0 Å². The van der Waals surface area contributed by atoms with Gasteiger partial charge in [-0.05, 0) is 65.5 Å². The highest BCUT2D eigenvalue weighted by Gasteiger charge is 2.49. The minimum absolute atomic E-state index is 0.0676. The molecule has 76 heavy (non-hydrogen) atoms. The van der Waals surface area contributed by atoms with Crippen LogP contribution in [0.3, 0.4) is 0 Å². The highest BCUT2D eigenvalue weighted by atomic mass is 16.7. The van der Waals surface area contributed by atoms with Crippen molar-refractivity contribution < 1.29 is 33.2 Å². The lowest BCUT2D eigenvalue weighted by atomic mass is 9.97. The molecule has 0 radical (unpaired) electrons. The summed E-state index contributed by atoms with van der Waals surface area (Å²) in [6, 6.07) is 49.6. The Morgan fingerprint density at radius 3 is 1.33 bits per heavy atom. The van der Waals surface area contributed by atoms with Gasteiger partial charge in [0.1, 0.15) is 24.4 Å². The maximum Gasteiger partial charge on any atom is 0.220 e. The lowest BCUT2D eigenvalue weighted by molar-refractivity contribution is -0.329. The first-order valence-electron chi connectivity index (χ1n) is 29.8. The smallest absolute Gasteiger partial charge is 0.220 e. The SMILES string of the molecule is CCCCCCCCCCCCCCCC(=O)NC(CCc1ccc(CCCCCCCC)cc1)CO[C@H]1O[C@H](COCc2ccccc2)[C@@H](OCc2ccccc2)[C@H](OCc2ccccc2)[C@@H]1OCc1ccccc1. The Morgan fingerprint density at radius 1 is 0.434 bits per heavy atom. The number of nitrogens with one attached hydrogen (secondary N) is 1. The minimum atomic E-state index is -0.867. The van der Waals surface area contributed by atoms with Gasteiger partial charge in [0, 0.05) is 6.42 Å². The average molecular weight is 1040 g/mol. The third-order valence-corrected chi connectivity index (χ3v) is 14.8. The fourth-order valence-electron chi connectivity index (χ4n) is 10.2. The van der Waals surface area contributed by atoms with Crippen LogP contribution in [0, 0.1) is 0 Å². The van der Waals surface area contributed by atoms with Gasteiger partial charge in [0.2, 0.25) is 5.91 Å². The van der Waals surface area contributed by atoms with Crippen molar-refractivity contribution in [2.24, 2.45) is 0 Å². The molecule has 0 saturated carbocycles. The molecular formula is C68H95NO7. The summed E-state index contributed by atoms with van der Waals surface area (Å²) in [5, 5.41) is 3.43. The molecule has 0 aromatic heterocycles. The summed E-state index contributed by atoms with van der Waals surface area (Å²) in [7, 11) is 0. The second kappa shape index (κ2) is 38.0. The first-order chi connectivity index (χ1) is 37.6. The Morgan fingerprint density at radius 2 is 0.842 bits per heavy atom. The van der Waals surface area contributed by atoms with Crippen LogP contribution >= 0.6 is 0 Å². The number of ether oxygens (including phenoxy) is 6. The molecule has 6 atom stereocenters. The molecular weight excluding hydrogens is 943 g/mol. The lowest BCUT2D eigenvalue weighted by Crippen LogP contribution is -2.62. The quantitative estimate of drug-likeness (QED) is 0.0390. The van der Waals surface area contributed by atoms with E-state index in [-0.39, 0.29) is 25.2 Å². The molecule has 5 aromatic carbocycles. The van der Waals surface area contributed by atoms with Crippen molar-refractivity contribution in [1.29, 1.82) is 0 Å². The molecule has 5 aromatic rings. The number of carbonyl (C=O) groups excluding carboxylic acids is 1. The molecule has 1 unspecified atom stereocenters. The second-order valence-electron chi connectivity index (χ2n) is 21.3. The molecule has 1 aliphatic heterocycles. The van der Waals surface area contributed by atoms with Crippen LogP contribution in [0.1, 0.15) is 182 Å². The van der Waals surface area contributed by atoms with Crippen LogP contribution in [0.15, 0.2) is 146 Å². The van der Waals surface area contributed by atoms with Crippen molar-refractivity contribution in [3.63, 3.8) is 0 Å². The molecule has 1 saturated heterocycles. The Bertz CT molecular complexity index is 2180. The van der Waals surface area contributed by atoms with Gasteiger partial charge < -0.3 is 33.7 Å². The molecule has 414 valence electrons. The number of hydrogen-bond donors (Lipinski definition) is 1. The van der Waals surface area contributed by atoms with Crippen LogP contribution < -0.4 is 5.32 Å². The molecule has 1 aliphatic rings. The van der Waals surface area contributed by atoms with Crippen molar-refractivity contribution in [3.8, 4) is 0 Å². The molecule has 1 N–H and O–H groups in total. The van der Waals surface area contributed by atoms with Crippen molar-refractivity contribution in [1.82, 2.24) is 5.32 Å². The van der Waals surface area contributed by atoms with E-state index in [1.807, 2.05) is 72.8 Å². The number of amides is 1. The molecule has 1 amide bonds. The number of rotatable bonds is 41. The number of carbonyl (C=O) groups is 1. The van der Waals surface area contributed by atoms with Gasteiger partial charge in [0.05, 0.1) is 45.7 Å². The Balaban J connectivity index is 1.17. The molecule has 8 nitrogen and oxygen atoms in total. The summed E-state index contributed by atoms with van der Waals surface area (Å²) in [6.07, 6.45) is 24.1.